The Balaban J connectivity index is 2.00. The molecule has 1 heterocycles. The molecule has 1 saturated heterocycles. The molecule has 18 heavy (non-hydrogen) atoms. The third-order valence-electron chi connectivity index (χ3n) is 3.47. The number of rotatable bonds is 5. The maximum absolute atomic E-state index is 13.2. The van der Waals surface area contributed by atoms with Crippen molar-refractivity contribution in [3.63, 3.8) is 0 Å². The van der Waals surface area contributed by atoms with Crippen LogP contribution in [0, 0.1) is 5.82 Å². The summed E-state index contributed by atoms with van der Waals surface area (Å²) in [5.41, 5.74) is 1.04. The van der Waals surface area contributed by atoms with Gasteiger partial charge < -0.3 is 10.1 Å². The lowest BCUT2D eigenvalue weighted by Crippen LogP contribution is -2.44. The van der Waals surface area contributed by atoms with Gasteiger partial charge in [-0.2, -0.15) is 0 Å². The number of nitrogens with one attached hydrogen (secondary N) is 1. The zero-order valence-electron chi connectivity index (χ0n) is 11.0. The van der Waals surface area contributed by atoms with E-state index in [1.54, 1.807) is 12.1 Å². The van der Waals surface area contributed by atoms with Crippen molar-refractivity contribution in [2.24, 2.45) is 0 Å². The minimum Gasteiger partial charge on any atom is -0.377 e. The lowest BCUT2D eigenvalue weighted by molar-refractivity contribution is -0.00710. The summed E-state index contributed by atoms with van der Waals surface area (Å²) in [4.78, 5) is 0. The number of ether oxygens (including phenoxy) is 1. The van der Waals surface area contributed by atoms with Gasteiger partial charge in [0.05, 0.1) is 6.10 Å². The molecule has 0 saturated carbocycles. The van der Waals surface area contributed by atoms with E-state index < -0.39 is 0 Å². The van der Waals surface area contributed by atoms with Crippen LogP contribution in [0.15, 0.2) is 24.3 Å². The van der Waals surface area contributed by atoms with Crippen molar-refractivity contribution in [1.29, 1.82) is 0 Å². The van der Waals surface area contributed by atoms with Crippen molar-refractivity contribution < 1.29 is 9.13 Å². The average molecular weight is 251 g/mol. The number of halogens is 1. The largest absolute Gasteiger partial charge is 0.377 e. The van der Waals surface area contributed by atoms with Crippen LogP contribution < -0.4 is 5.32 Å². The van der Waals surface area contributed by atoms with Gasteiger partial charge in [0.15, 0.2) is 0 Å². The summed E-state index contributed by atoms with van der Waals surface area (Å²) >= 11 is 0. The molecule has 1 aliphatic rings. The van der Waals surface area contributed by atoms with Gasteiger partial charge in [-0.25, -0.2) is 4.39 Å². The van der Waals surface area contributed by atoms with Gasteiger partial charge in [0.25, 0.3) is 0 Å². The second-order valence-corrected chi connectivity index (χ2v) is 4.90. The van der Waals surface area contributed by atoms with Crippen LogP contribution in [0.2, 0.25) is 0 Å². The molecular weight excluding hydrogens is 229 g/mol. The molecule has 2 unspecified atom stereocenters. The van der Waals surface area contributed by atoms with Crippen molar-refractivity contribution in [2.75, 3.05) is 13.2 Å². The Morgan fingerprint density at radius 3 is 3.00 bits per heavy atom. The molecule has 0 radical (unpaired) electrons. The molecule has 2 rings (SSSR count). The van der Waals surface area contributed by atoms with E-state index in [0.29, 0.717) is 0 Å². The van der Waals surface area contributed by atoms with Gasteiger partial charge in [-0.1, -0.05) is 19.1 Å². The molecule has 2 atom stereocenters. The molecule has 2 nitrogen and oxygen atoms in total. The zero-order valence-corrected chi connectivity index (χ0v) is 11.0. The molecule has 1 N–H and O–H groups in total. The predicted molar refractivity (Wildman–Crippen MR) is 71.2 cm³/mol. The standard InChI is InChI=1S/C15H22FNO/c1-2-17-14(15-8-3-4-9-18-15)11-12-6-5-7-13(16)10-12/h5-7,10,14-15,17H,2-4,8-9,11H2,1H3. The molecule has 1 aliphatic heterocycles. The third-order valence-corrected chi connectivity index (χ3v) is 3.47. The summed E-state index contributed by atoms with van der Waals surface area (Å²) in [7, 11) is 0. The molecule has 0 spiro atoms. The van der Waals surface area contributed by atoms with Crippen LogP contribution in [-0.2, 0) is 11.2 Å². The summed E-state index contributed by atoms with van der Waals surface area (Å²) in [6.07, 6.45) is 4.59. The number of likely N-dealkylation sites (N-methyl/N-ethyl adjacent to an activating group) is 1. The highest BCUT2D eigenvalue weighted by Gasteiger charge is 2.23. The Morgan fingerprint density at radius 2 is 2.33 bits per heavy atom. The normalized spacial score (nSPS) is 21.8. The first kappa shape index (κ1) is 13.5. The average Bonchev–Trinajstić information content (AvgIpc) is 2.39. The lowest BCUT2D eigenvalue weighted by Gasteiger charge is -2.31. The molecule has 1 aromatic carbocycles. The van der Waals surface area contributed by atoms with Gasteiger partial charge in [0, 0.05) is 12.6 Å². The zero-order chi connectivity index (χ0) is 12.8. The van der Waals surface area contributed by atoms with E-state index >= 15 is 0 Å². The maximum atomic E-state index is 13.2. The Morgan fingerprint density at radius 1 is 1.44 bits per heavy atom. The molecule has 1 fully saturated rings. The van der Waals surface area contributed by atoms with E-state index in [1.165, 1.54) is 12.5 Å². The first-order chi connectivity index (χ1) is 8.79. The topological polar surface area (TPSA) is 21.3 Å². The Kier molecular flexibility index (Phi) is 5.14. The van der Waals surface area contributed by atoms with Crippen molar-refractivity contribution in [3.8, 4) is 0 Å². The van der Waals surface area contributed by atoms with Gasteiger partial charge in [0.1, 0.15) is 5.82 Å². The van der Waals surface area contributed by atoms with Gasteiger partial charge in [-0.05, 0) is 49.9 Å². The van der Waals surface area contributed by atoms with E-state index in [1.807, 2.05) is 6.07 Å². The van der Waals surface area contributed by atoms with E-state index in [2.05, 4.69) is 12.2 Å². The van der Waals surface area contributed by atoms with Crippen molar-refractivity contribution >= 4 is 0 Å². The fourth-order valence-corrected chi connectivity index (χ4v) is 2.60. The minimum atomic E-state index is -0.160. The quantitative estimate of drug-likeness (QED) is 0.868. The predicted octanol–water partition coefficient (Wildman–Crippen LogP) is 2.92. The Labute approximate surface area is 109 Å². The molecule has 0 bridgehead atoms. The molecule has 100 valence electrons. The van der Waals surface area contributed by atoms with Gasteiger partial charge in [-0.3, -0.25) is 0 Å². The number of benzene rings is 1. The fraction of sp³-hybridized carbons (Fsp3) is 0.600. The molecule has 0 amide bonds. The summed E-state index contributed by atoms with van der Waals surface area (Å²) in [5, 5.41) is 3.47. The van der Waals surface area contributed by atoms with Crippen LogP contribution >= 0.6 is 0 Å². The van der Waals surface area contributed by atoms with Crippen LogP contribution in [0.4, 0.5) is 4.39 Å². The Bertz CT molecular complexity index is 363. The molecule has 0 aromatic heterocycles. The first-order valence-corrected chi connectivity index (χ1v) is 6.89. The summed E-state index contributed by atoms with van der Waals surface area (Å²) in [5.74, 6) is -0.160. The third kappa shape index (κ3) is 3.79. The van der Waals surface area contributed by atoms with Gasteiger partial charge in [0.2, 0.25) is 0 Å². The van der Waals surface area contributed by atoms with Crippen LogP contribution in [0.1, 0.15) is 31.7 Å². The minimum absolute atomic E-state index is 0.160. The van der Waals surface area contributed by atoms with Gasteiger partial charge >= 0.3 is 0 Å². The van der Waals surface area contributed by atoms with Crippen molar-refractivity contribution in [3.05, 3.63) is 35.6 Å². The van der Waals surface area contributed by atoms with Crippen LogP contribution in [0.3, 0.4) is 0 Å². The second kappa shape index (κ2) is 6.86. The van der Waals surface area contributed by atoms with E-state index in [4.69, 9.17) is 4.74 Å². The second-order valence-electron chi connectivity index (χ2n) is 4.90. The van der Waals surface area contributed by atoms with E-state index in [0.717, 1.165) is 38.0 Å². The summed E-state index contributed by atoms with van der Waals surface area (Å²) in [6, 6.07) is 7.15. The Hall–Kier alpha value is -0.930. The van der Waals surface area contributed by atoms with Crippen LogP contribution in [0.25, 0.3) is 0 Å². The summed E-state index contributed by atoms with van der Waals surface area (Å²) in [6.45, 7) is 3.87. The summed E-state index contributed by atoms with van der Waals surface area (Å²) < 4.78 is 19.0. The van der Waals surface area contributed by atoms with Crippen molar-refractivity contribution in [1.82, 2.24) is 5.32 Å². The maximum Gasteiger partial charge on any atom is 0.123 e. The highest BCUT2D eigenvalue weighted by atomic mass is 19.1. The van der Waals surface area contributed by atoms with Crippen molar-refractivity contribution in [2.45, 2.75) is 44.8 Å². The number of hydrogen-bond acceptors (Lipinski definition) is 2. The molecule has 1 aromatic rings. The number of hydrogen-bond donors (Lipinski definition) is 1. The first-order valence-electron chi connectivity index (χ1n) is 6.89. The molecule has 3 heteroatoms. The van der Waals surface area contributed by atoms with E-state index in [-0.39, 0.29) is 18.0 Å². The fourth-order valence-electron chi connectivity index (χ4n) is 2.60. The van der Waals surface area contributed by atoms with E-state index in [9.17, 15) is 4.39 Å². The van der Waals surface area contributed by atoms with Crippen LogP contribution in [0.5, 0.6) is 0 Å². The monoisotopic (exact) mass is 251 g/mol. The molecule has 0 aliphatic carbocycles. The SMILES string of the molecule is CCNC(Cc1cccc(F)c1)C1CCCCO1. The van der Waals surface area contributed by atoms with Crippen LogP contribution in [-0.4, -0.2) is 25.3 Å². The smallest absolute Gasteiger partial charge is 0.123 e. The van der Waals surface area contributed by atoms with Gasteiger partial charge in [-0.15, -0.1) is 0 Å². The molecular formula is C15H22FNO. The lowest BCUT2D eigenvalue weighted by atomic mass is 9.96. The highest BCUT2D eigenvalue weighted by molar-refractivity contribution is 5.17. The highest BCUT2D eigenvalue weighted by Crippen LogP contribution is 2.19.